The molecule has 2 aromatic carbocycles. The molecule has 2 aromatic rings. The minimum absolute atomic E-state index is 0.0388. The number of carbonyl (C=O) groups excluding carboxylic acids is 2. The fourth-order valence-electron chi connectivity index (χ4n) is 4.12. The van der Waals surface area contributed by atoms with E-state index in [0.29, 0.717) is 45.5 Å². The van der Waals surface area contributed by atoms with E-state index < -0.39 is 5.92 Å². The summed E-state index contributed by atoms with van der Waals surface area (Å²) in [5, 5.41) is 17.4. The zero-order valence-electron chi connectivity index (χ0n) is 18.0. The molecule has 0 unspecified atom stereocenters. The summed E-state index contributed by atoms with van der Waals surface area (Å²) in [5.74, 6) is 0.0224. The third-order valence-electron chi connectivity index (χ3n) is 5.59. The molecule has 168 valence electrons. The number of nitriles is 1. The third kappa shape index (κ3) is 4.92. The fourth-order valence-corrected chi connectivity index (χ4v) is 5.11. The number of ketones is 1. The number of hydrogen-bond acceptors (Lipinski definition) is 6. The predicted molar refractivity (Wildman–Crippen MR) is 130 cm³/mol. The Morgan fingerprint density at radius 1 is 1.24 bits per heavy atom. The first-order valence-electron chi connectivity index (χ1n) is 10.5. The van der Waals surface area contributed by atoms with Crippen molar-refractivity contribution in [3.8, 4) is 11.8 Å². The van der Waals surface area contributed by atoms with Gasteiger partial charge in [0.05, 0.1) is 35.5 Å². The number of halogens is 1. The van der Waals surface area contributed by atoms with Crippen LogP contribution in [-0.4, -0.2) is 24.6 Å². The lowest BCUT2D eigenvalue weighted by atomic mass is 9.76. The molecule has 1 aliphatic carbocycles. The average Bonchev–Trinajstić information content (AvgIpc) is 2.83. The predicted octanol–water partition coefficient (Wildman–Crippen LogP) is 5.15. The summed E-state index contributed by atoms with van der Waals surface area (Å²) in [7, 11) is 1.57. The van der Waals surface area contributed by atoms with E-state index in [1.54, 1.807) is 31.4 Å². The lowest BCUT2D eigenvalue weighted by molar-refractivity contribution is -0.116. The van der Waals surface area contributed by atoms with Crippen LogP contribution in [0.2, 0.25) is 5.02 Å². The quantitative estimate of drug-likeness (QED) is 0.595. The summed E-state index contributed by atoms with van der Waals surface area (Å²) in [5.41, 5.74) is 3.27. The summed E-state index contributed by atoms with van der Waals surface area (Å²) < 4.78 is 5.55. The topological polar surface area (TPSA) is 91.2 Å². The summed E-state index contributed by atoms with van der Waals surface area (Å²) >= 11 is 7.15. The zero-order chi connectivity index (χ0) is 23.4. The Bertz CT molecular complexity index is 1200. The summed E-state index contributed by atoms with van der Waals surface area (Å²) in [6, 6.07) is 16.6. The molecule has 6 nitrogen and oxygen atoms in total. The number of Topliss-reactive ketones (excluding diaryl/α,β-unsaturated/α-hetero) is 1. The first-order chi connectivity index (χ1) is 16.0. The summed E-state index contributed by atoms with van der Waals surface area (Å²) in [4.78, 5) is 25.5. The van der Waals surface area contributed by atoms with Gasteiger partial charge >= 0.3 is 0 Å². The number of allylic oxidation sites excluding steroid dienone is 3. The molecule has 1 amide bonds. The summed E-state index contributed by atoms with van der Waals surface area (Å²) in [6.07, 6.45) is 1.92. The minimum Gasteiger partial charge on any atom is -0.496 e. The number of nitrogens with one attached hydrogen (secondary N) is 2. The molecule has 0 saturated carbocycles. The molecular weight excluding hydrogens is 458 g/mol. The monoisotopic (exact) mass is 479 g/mol. The van der Waals surface area contributed by atoms with Crippen LogP contribution in [0.4, 0.5) is 5.69 Å². The number of rotatable bonds is 6. The minimum atomic E-state index is -0.531. The molecular formula is C25H22ClN3O3S. The fraction of sp³-hybridized carbons (Fsp3) is 0.240. The van der Waals surface area contributed by atoms with E-state index in [9.17, 15) is 14.9 Å². The molecule has 0 aromatic heterocycles. The van der Waals surface area contributed by atoms with E-state index in [0.717, 1.165) is 17.7 Å². The van der Waals surface area contributed by atoms with Crippen LogP contribution in [-0.2, 0) is 9.59 Å². The van der Waals surface area contributed by atoms with Crippen LogP contribution in [0.25, 0.3) is 0 Å². The standard InChI is InChI=1S/C25H22ClN3O3S/c1-32-21-8-3-2-5-17(21)23-18(13-27)25(29-19-6-4-7-20(30)24(19)23)33-14-22(31)28-16-11-9-15(26)10-12-16/h2-3,5,8-12,23,29H,4,6-7,14H2,1H3,(H,28,31)/t23-/m0/s1. The van der Waals surface area contributed by atoms with Gasteiger partial charge in [-0.05, 0) is 43.2 Å². The van der Waals surface area contributed by atoms with Crippen LogP contribution in [0, 0.1) is 11.3 Å². The molecule has 0 fully saturated rings. The maximum absolute atomic E-state index is 12.9. The molecule has 4 rings (SSSR count). The van der Waals surface area contributed by atoms with Gasteiger partial charge in [0.1, 0.15) is 5.75 Å². The first-order valence-corrected chi connectivity index (χ1v) is 11.9. The Morgan fingerprint density at radius 2 is 2.00 bits per heavy atom. The number of para-hydroxylation sites is 1. The second-order valence-electron chi connectivity index (χ2n) is 7.67. The zero-order valence-corrected chi connectivity index (χ0v) is 19.6. The Morgan fingerprint density at radius 3 is 2.73 bits per heavy atom. The van der Waals surface area contributed by atoms with Gasteiger partial charge < -0.3 is 15.4 Å². The maximum atomic E-state index is 12.9. The highest BCUT2D eigenvalue weighted by molar-refractivity contribution is 8.03. The number of methoxy groups -OCH3 is 1. The molecule has 0 bridgehead atoms. The Balaban J connectivity index is 1.64. The van der Waals surface area contributed by atoms with Crippen molar-refractivity contribution >= 4 is 40.7 Å². The first kappa shape index (κ1) is 23.0. The number of carbonyl (C=O) groups is 2. The highest BCUT2D eigenvalue weighted by atomic mass is 35.5. The van der Waals surface area contributed by atoms with E-state index >= 15 is 0 Å². The Labute approximate surface area is 201 Å². The number of hydrogen-bond donors (Lipinski definition) is 2. The number of benzene rings is 2. The largest absolute Gasteiger partial charge is 0.496 e. The molecule has 8 heteroatoms. The highest BCUT2D eigenvalue weighted by Gasteiger charge is 2.38. The molecule has 1 heterocycles. The van der Waals surface area contributed by atoms with Crippen molar-refractivity contribution in [3.05, 3.63) is 81.0 Å². The number of ether oxygens (including phenoxy) is 1. The smallest absolute Gasteiger partial charge is 0.234 e. The molecule has 0 saturated heterocycles. The Kier molecular flexibility index (Phi) is 7.07. The Hall–Kier alpha value is -3.21. The van der Waals surface area contributed by atoms with Gasteiger partial charge in [-0.3, -0.25) is 9.59 Å². The van der Waals surface area contributed by atoms with Crippen LogP contribution >= 0.6 is 23.4 Å². The van der Waals surface area contributed by atoms with Crippen molar-refractivity contribution in [1.82, 2.24) is 5.32 Å². The molecule has 1 aliphatic heterocycles. The van der Waals surface area contributed by atoms with E-state index in [-0.39, 0.29) is 17.4 Å². The second-order valence-corrected chi connectivity index (χ2v) is 9.09. The molecule has 2 aliphatic rings. The maximum Gasteiger partial charge on any atom is 0.234 e. The summed E-state index contributed by atoms with van der Waals surface area (Å²) in [6.45, 7) is 0. The van der Waals surface area contributed by atoms with Crippen molar-refractivity contribution in [2.75, 3.05) is 18.2 Å². The van der Waals surface area contributed by atoms with Crippen LogP contribution in [0.1, 0.15) is 30.7 Å². The normalized spacial score (nSPS) is 17.7. The van der Waals surface area contributed by atoms with Gasteiger partial charge in [0.15, 0.2) is 5.78 Å². The van der Waals surface area contributed by atoms with Crippen LogP contribution in [0.3, 0.4) is 0 Å². The van der Waals surface area contributed by atoms with E-state index in [1.807, 2.05) is 24.3 Å². The van der Waals surface area contributed by atoms with Crippen molar-refractivity contribution in [3.63, 3.8) is 0 Å². The van der Waals surface area contributed by atoms with Crippen molar-refractivity contribution < 1.29 is 14.3 Å². The van der Waals surface area contributed by atoms with Crippen molar-refractivity contribution in [2.45, 2.75) is 25.2 Å². The third-order valence-corrected chi connectivity index (χ3v) is 6.86. The van der Waals surface area contributed by atoms with E-state index in [2.05, 4.69) is 16.7 Å². The number of nitrogens with zero attached hydrogens (tertiary/aromatic N) is 1. The van der Waals surface area contributed by atoms with E-state index in [4.69, 9.17) is 16.3 Å². The highest BCUT2D eigenvalue weighted by Crippen LogP contribution is 2.46. The van der Waals surface area contributed by atoms with E-state index in [1.165, 1.54) is 11.8 Å². The van der Waals surface area contributed by atoms with Gasteiger partial charge in [-0.25, -0.2) is 0 Å². The van der Waals surface area contributed by atoms with Gasteiger partial charge in [0, 0.05) is 34.0 Å². The van der Waals surface area contributed by atoms with Gasteiger partial charge in [-0.1, -0.05) is 41.6 Å². The number of anilines is 1. The molecule has 0 spiro atoms. The van der Waals surface area contributed by atoms with Crippen LogP contribution in [0.5, 0.6) is 5.75 Å². The molecule has 2 N–H and O–H groups in total. The average molecular weight is 480 g/mol. The van der Waals surface area contributed by atoms with Gasteiger partial charge in [-0.2, -0.15) is 5.26 Å². The SMILES string of the molecule is COc1ccccc1[C@H]1C(C#N)=C(SCC(=O)Nc2ccc(Cl)cc2)NC2=C1C(=O)CCC2. The number of amides is 1. The number of dihydropyridines is 1. The van der Waals surface area contributed by atoms with Crippen LogP contribution in [0.15, 0.2) is 70.4 Å². The number of thioether (sulfide) groups is 1. The lowest BCUT2D eigenvalue weighted by Gasteiger charge is -2.33. The second kappa shape index (κ2) is 10.2. The van der Waals surface area contributed by atoms with Crippen molar-refractivity contribution in [1.29, 1.82) is 5.26 Å². The van der Waals surface area contributed by atoms with Crippen LogP contribution < -0.4 is 15.4 Å². The molecule has 1 atom stereocenters. The van der Waals surface area contributed by atoms with Gasteiger partial charge in [0.25, 0.3) is 0 Å². The van der Waals surface area contributed by atoms with Gasteiger partial charge in [0.2, 0.25) is 5.91 Å². The molecule has 33 heavy (non-hydrogen) atoms. The molecule has 0 radical (unpaired) electrons. The van der Waals surface area contributed by atoms with Gasteiger partial charge in [-0.15, -0.1) is 0 Å². The lowest BCUT2D eigenvalue weighted by Crippen LogP contribution is -2.32. The van der Waals surface area contributed by atoms with Crippen molar-refractivity contribution in [2.24, 2.45) is 0 Å².